The zero-order valence-corrected chi connectivity index (χ0v) is 21.4. The molecule has 6 rings (SSSR count). The highest BCUT2D eigenvalue weighted by atomic mass is 32.1. The molecule has 0 saturated carbocycles. The molecule has 3 aliphatic heterocycles. The molecule has 3 aliphatic rings. The Morgan fingerprint density at radius 3 is 2.79 bits per heavy atom. The number of ether oxygens (including phenoxy) is 1. The molecule has 3 aromatic heterocycles. The van der Waals surface area contributed by atoms with E-state index in [1.165, 1.54) is 16.2 Å². The minimum absolute atomic E-state index is 0.0119. The first-order valence-electron chi connectivity index (χ1n) is 12.7. The third-order valence-electron chi connectivity index (χ3n) is 7.19. The van der Waals surface area contributed by atoms with E-state index in [9.17, 15) is 19.2 Å². The van der Waals surface area contributed by atoms with Crippen LogP contribution in [0.3, 0.4) is 0 Å². The van der Waals surface area contributed by atoms with Crippen LogP contribution in [-0.2, 0) is 20.7 Å². The number of imide groups is 1. The summed E-state index contributed by atoms with van der Waals surface area (Å²) in [6.45, 7) is 1.44. The lowest BCUT2D eigenvalue weighted by Crippen LogP contribution is -2.32. The molecule has 1 unspecified atom stereocenters. The van der Waals surface area contributed by atoms with Gasteiger partial charge in [0.05, 0.1) is 17.6 Å². The maximum Gasteiger partial charge on any atom is 0.275 e. The van der Waals surface area contributed by atoms with Crippen LogP contribution in [0.4, 0.5) is 5.69 Å². The number of nitrogens with one attached hydrogen (secondary N) is 1. The highest BCUT2D eigenvalue weighted by Gasteiger charge is 2.40. The quantitative estimate of drug-likeness (QED) is 0.471. The number of fused-ring (bicyclic) bond motifs is 8. The number of nitrogens with zero attached hydrogens (tertiary/aromatic N) is 5. The largest absolute Gasteiger partial charge is 0.381 e. The normalized spacial score (nSPS) is 21.2. The number of carbonyl (C=O) groups excluding carboxylic acids is 4. The van der Waals surface area contributed by atoms with Gasteiger partial charge in [0, 0.05) is 61.6 Å². The third-order valence-corrected chi connectivity index (χ3v) is 8.08. The smallest absolute Gasteiger partial charge is 0.275 e. The molecule has 0 aliphatic carbocycles. The van der Waals surface area contributed by atoms with Crippen LogP contribution in [0.1, 0.15) is 64.8 Å². The summed E-state index contributed by atoms with van der Waals surface area (Å²) in [5.74, 6) is -2.20. The van der Waals surface area contributed by atoms with Crippen molar-refractivity contribution in [2.24, 2.45) is 5.92 Å². The Hall–Kier alpha value is -3.77. The molecule has 0 spiro atoms. The van der Waals surface area contributed by atoms with Crippen molar-refractivity contribution < 1.29 is 23.9 Å². The molecule has 196 valence electrons. The van der Waals surface area contributed by atoms with E-state index in [0.717, 1.165) is 24.1 Å². The second kappa shape index (κ2) is 10.2. The van der Waals surface area contributed by atoms with Crippen molar-refractivity contribution in [3.8, 4) is 10.6 Å². The highest BCUT2D eigenvalue weighted by Crippen LogP contribution is 2.30. The molecule has 3 aromatic rings. The van der Waals surface area contributed by atoms with Crippen molar-refractivity contribution in [2.45, 2.75) is 44.6 Å². The van der Waals surface area contributed by atoms with Crippen LogP contribution in [-0.4, -0.2) is 67.9 Å². The van der Waals surface area contributed by atoms with Gasteiger partial charge in [0.2, 0.25) is 11.8 Å². The van der Waals surface area contributed by atoms with E-state index in [1.54, 1.807) is 22.5 Å². The number of hydrogen-bond acceptors (Lipinski definition) is 9. The Kier molecular flexibility index (Phi) is 6.58. The molecule has 38 heavy (non-hydrogen) atoms. The second-order valence-electron chi connectivity index (χ2n) is 9.76. The minimum Gasteiger partial charge on any atom is -0.381 e. The summed E-state index contributed by atoms with van der Waals surface area (Å²) in [6.07, 6.45) is 5.78. The molecule has 6 bridgehead atoms. The lowest BCUT2D eigenvalue weighted by atomic mass is 9.99. The molecule has 2 saturated heterocycles. The molecular weight excluding hydrogens is 508 g/mol. The fourth-order valence-corrected chi connectivity index (χ4v) is 5.95. The summed E-state index contributed by atoms with van der Waals surface area (Å²) in [5, 5.41) is 9.71. The van der Waals surface area contributed by atoms with E-state index >= 15 is 0 Å². The van der Waals surface area contributed by atoms with E-state index in [2.05, 4.69) is 20.4 Å². The standard InChI is InChI=1S/C26H26N6O5S/c33-21-11-16-12-22(34)31(26(16)36)7-1-2-17-10-15(3-6-27-17)25-29-20(14-38-25)24(35)28-19-13-32(30-23(19)21)18-4-8-37-9-5-18/h3,6,10,13-14,16,18H,1-2,4-5,7-9,11-12H2,(H,28,35). The van der Waals surface area contributed by atoms with Crippen molar-refractivity contribution in [1.82, 2.24) is 24.6 Å². The third kappa shape index (κ3) is 4.76. The van der Waals surface area contributed by atoms with E-state index in [4.69, 9.17) is 4.74 Å². The molecule has 0 aromatic carbocycles. The average Bonchev–Trinajstić information content (AvgIpc) is 3.64. The van der Waals surface area contributed by atoms with Crippen LogP contribution in [0.25, 0.3) is 10.6 Å². The van der Waals surface area contributed by atoms with Gasteiger partial charge < -0.3 is 10.1 Å². The lowest BCUT2D eigenvalue weighted by Gasteiger charge is -2.22. The van der Waals surface area contributed by atoms with Crippen molar-refractivity contribution in [3.63, 3.8) is 0 Å². The molecule has 12 heteroatoms. The Morgan fingerprint density at radius 2 is 1.95 bits per heavy atom. The molecule has 3 amide bonds. The molecule has 6 heterocycles. The maximum atomic E-state index is 13.4. The summed E-state index contributed by atoms with van der Waals surface area (Å²) in [4.78, 5) is 62.5. The minimum atomic E-state index is -0.742. The summed E-state index contributed by atoms with van der Waals surface area (Å²) >= 11 is 1.34. The predicted molar refractivity (Wildman–Crippen MR) is 137 cm³/mol. The number of aromatic nitrogens is 4. The van der Waals surface area contributed by atoms with Crippen LogP contribution >= 0.6 is 11.3 Å². The fraction of sp³-hybridized carbons (Fsp3) is 0.423. The second-order valence-corrected chi connectivity index (χ2v) is 10.6. The average molecular weight is 535 g/mol. The zero-order valence-electron chi connectivity index (χ0n) is 20.6. The van der Waals surface area contributed by atoms with Gasteiger partial charge in [-0.25, -0.2) is 4.98 Å². The van der Waals surface area contributed by atoms with Crippen molar-refractivity contribution in [2.75, 3.05) is 25.1 Å². The first-order chi connectivity index (χ1) is 18.5. The monoisotopic (exact) mass is 534 g/mol. The lowest BCUT2D eigenvalue weighted by molar-refractivity contribution is -0.139. The number of hydrogen-bond donors (Lipinski definition) is 1. The molecule has 0 radical (unpaired) electrons. The number of amides is 3. The maximum absolute atomic E-state index is 13.4. The van der Waals surface area contributed by atoms with Gasteiger partial charge in [-0.3, -0.25) is 33.7 Å². The van der Waals surface area contributed by atoms with Crippen molar-refractivity contribution >= 4 is 40.5 Å². The van der Waals surface area contributed by atoms with Crippen LogP contribution in [0, 0.1) is 5.92 Å². The van der Waals surface area contributed by atoms with E-state index in [-0.39, 0.29) is 54.3 Å². The number of rotatable bonds is 1. The van der Waals surface area contributed by atoms with Gasteiger partial charge in [0.15, 0.2) is 11.5 Å². The van der Waals surface area contributed by atoms with E-state index in [1.807, 2.05) is 12.1 Å². The first kappa shape index (κ1) is 24.6. The Morgan fingerprint density at radius 1 is 1.11 bits per heavy atom. The Balaban J connectivity index is 1.37. The predicted octanol–water partition coefficient (Wildman–Crippen LogP) is 2.90. The van der Waals surface area contributed by atoms with E-state index in [0.29, 0.717) is 31.1 Å². The summed E-state index contributed by atoms with van der Waals surface area (Å²) < 4.78 is 7.15. The topological polar surface area (TPSA) is 136 Å². The summed E-state index contributed by atoms with van der Waals surface area (Å²) in [7, 11) is 0. The zero-order chi connectivity index (χ0) is 26.2. The first-order valence-corrected chi connectivity index (χ1v) is 13.6. The number of pyridine rings is 1. The van der Waals surface area contributed by atoms with Gasteiger partial charge in [0.1, 0.15) is 10.7 Å². The van der Waals surface area contributed by atoms with Gasteiger partial charge in [-0.1, -0.05) is 0 Å². The summed E-state index contributed by atoms with van der Waals surface area (Å²) in [5.41, 5.74) is 2.22. The van der Waals surface area contributed by atoms with Gasteiger partial charge >= 0.3 is 0 Å². The molecule has 1 atom stereocenters. The van der Waals surface area contributed by atoms with Gasteiger partial charge in [-0.15, -0.1) is 11.3 Å². The fourth-order valence-electron chi connectivity index (χ4n) is 5.16. The van der Waals surface area contributed by atoms with Gasteiger partial charge in [-0.05, 0) is 37.8 Å². The van der Waals surface area contributed by atoms with Crippen LogP contribution in [0.5, 0.6) is 0 Å². The number of ketones is 1. The Bertz CT molecular complexity index is 1420. The number of anilines is 1. The number of aryl methyl sites for hydroxylation is 1. The number of carbonyl (C=O) groups is 4. The van der Waals surface area contributed by atoms with Gasteiger partial charge in [0.25, 0.3) is 5.91 Å². The van der Waals surface area contributed by atoms with E-state index < -0.39 is 17.6 Å². The number of Topliss-reactive ketones (excluding diaryl/α,β-unsaturated/α-hetero) is 1. The number of thiazole rings is 1. The SMILES string of the molecule is O=C1Nc2cn(C3CCOCC3)nc2C(=O)CC2CC(=O)N(CCCc3cc(ccn3)-c3nc1cs3)C2=O. The molecule has 2 fully saturated rings. The Labute approximate surface area is 222 Å². The van der Waals surface area contributed by atoms with Crippen LogP contribution in [0.2, 0.25) is 0 Å². The summed E-state index contributed by atoms with van der Waals surface area (Å²) in [6, 6.07) is 3.77. The molecular formula is C26H26N6O5S. The molecule has 1 N–H and O–H groups in total. The van der Waals surface area contributed by atoms with Crippen LogP contribution < -0.4 is 5.32 Å². The van der Waals surface area contributed by atoms with Crippen LogP contribution in [0.15, 0.2) is 29.9 Å². The van der Waals surface area contributed by atoms with Crippen molar-refractivity contribution in [1.29, 1.82) is 0 Å². The van der Waals surface area contributed by atoms with Crippen molar-refractivity contribution in [3.05, 3.63) is 47.0 Å². The molecule has 11 nitrogen and oxygen atoms in total. The van der Waals surface area contributed by atoms with Gasteiger partial charge in [-0.2, -0.15) is 5.10 Å². The highest BCUT2D eigenvalue weighted by molar-refractivity contribution is 7.13.